The van der Waals surface area contributed by atoms with Crippen molar-refractivity contribution < 1.29 is 14.3 Å². The first kappa shape index (κ1) is 25.7. The van der Waals surface area contributed by atoms with Gasteiger partial charge in [0.2, 0.25) is 0 Å². The van der Waals surface area contributed by atoms with Gasteiger partial charge in [0.1, 0.15) is 11.6 Å². The molecule has 2 aliphatic rings. The number of hydrogen-bond acceptors (Lipinski definition) is 6. The molecule has 4 aromatic rings. The van der Waals surface area contributed by atoms with E-state index in [1.807, 2.05) is 76.5 Å². The molecule has 40 heavy (non-hydrogen) atoms. The topological polar surface area (TPSA) is 104 Å². The van der Waals surface area contributed by atoms with Crippen LogP contribution in [0.3, 0.4) is 0 Å². The molecular weight excluding hydrogens is 504 g/mol. The molecule has 6 rings (SSSR count). The molecule has 0 spiro atoms. The summed E-state index contributed by atoms with van der Waals surface area (Å²) < 4.78 is 5.71. The summed E-state index contributed by atoms with van der Waals surface area (Å²) in [5.41, 5.74) is 2.60. The quantitative estimate of drug-likeness (QED) is 0.369. The Balaban J connectivity index is 1.13. The van der Waals surface area contributed by atoms with Crippen molar-refractivity contribution in [3.8, 4) is 17.1 Å². The zero-order chi connectivity index (χ0) is 27.3. The van der Waals surface area contributed by atoms with Gasteiger partial charge < -0.3 is 14.5 Å². The average molecular weight is 537 g/mol. The van der Waals surface area contributed by atoms with E-state index in [0.717, 1.165) is 37.8 Å². The number of carbonyl (C=O) groups is 2. The first-order valence-corrected chi connectivity index (χ1v) is 13.8. The van der Waals surface area contributed by atoms with Gasteiger partial charge >= 0.3 is 0 Å². The molecule has 2 atom stereocenters. The van der Waals surface area contributed by atoms with Gasteiger partial charge in [-0.1, -0.05) is 30.3 Å². The lowest BCUT2D eigenvalue weighted by molar-refractivity contribution is -0.137. The predicted octanol–water partition coefficient (Wildman–Crippen LogP) is 4.63. The average Bonchev–Trinajstić information content (AvgIpc) is 3.72. The summed E-state index contributed by atoms with van der Waals surface area (Å²) in [6.07, 6.45) is 7.29. The van der Waals surface area contributed by atoms with Crippen molar-refractivity contribution in [3.05, 3.63) is 96.1 Å². The largest absolute Gasteiger partial charge is 0.484 e. The Labute approximate surface area is 233 Å². The SMILES string of the molecule is O=C(c1cccc(-c2n[nH]c([C@H]3CCCCN3C(=O)COc3ccccc3)n2)c1)N1CCC(c2ccncc2)C1. The van der Waals surface area contributed by atoms with Crippen LogP contribution in [-0.4, -0.2) is 68.0 Å². The Hall–Kier alpha value is -4.53. The van der Waals surface area contributed by atoms with E-state index in [2.05, 4.69) is 15.2 Å². The standard InChI is InChI=1S/C31H32N6O3/c38-28(21-40-26-9-2-1-3-10-26)37-17-5-4-11-27(37)30-33-29(34-35-30)23-7-6-8-24(19-23)31(39)36-18-14-25(20-36)22-12-15-32-16-13-22/h1-3,6-10,12-13,15-16,19,25,27H,4-5,11,14,17-18,20-21H2,(H,33,34,35)/t25?,27-/m1/s1. The van der Waals surface area contributed by atoms with Crippen LogP contribution in [0.2, 0.25) is 0 Å². The number of H-pyrrole nitrogens is 1. The van der Waals surface area contributed by atoms with Crippen LogP contribution in [0.1, 0.15) is 59.4 Å². The molecule has 2 amide bonds. The van der Waals surface area contributed by atoms with Gasteiger partial charge in [-0.25, -0.2) is 4.98 Å². The van der Waals surface area contributed by atoms with Crippen LogP contribution < -0.4 is 4.74 Å². The molecule has 0 radical (unpaired) electrons. The maximum absolute atomic E-state index is 13.4. The highest BCUT2D eigenvalue weighted by atomic mass is 16.5. The van der Waals surface area contributed by atoms with Crippen molar-refractivity contribution in [1.29, 1.82) is 0 Å². The van der Waals surface area contributed by atoms with Gasteiger partial charge in [0, 0.05) is 49.1 Å². The highest BCUT2D eigenvalue weighted by molar-refractivity contribution is 5.95. The Morgan fingerprint density at radius 2 is 1.80 bits per heavy atom. The first-order valence-electron chi connectivity index (χ1n) is 13.8. The minimum Gasteiger partial charge on any atom is -0.484 e. The highest BCUT2D eigenvalue weighted by Gasteiger charge is 2.31. The maximum Gasteiger partial charge on any atom is 0.261 e. The molecule has 2 aromatic carbocycles. The monoisotopic (exact) mass is 536 g/mol. The minimum atomic E-state index is -0.193. The van der Waals surface area contributed by atoms with Gasteiger partial charge in [-0.3, -0.25) is 19.7 Å². The van der Waals surface area contributed by atoms with Gasteiger partial charge in [-0.05, 0) is 67.6 Å². The Morgan fingerprint density at radius 1 is 0.950 bits per heavy atom. The van der Waals surface area contributed by atoms with Gasteiger partial charge in [-0.15, -0.1) is 0 Å². The van der Waals surface area contributed by atoms with Crippen molar-refractivity contribution in [1.82, 2.24) is 30.0 Å². The number of ether oxygens (including phenoxy) is 1. The Kier molecular flexibility index (Phi) is 7.52. The van der Waals surface area contributed by atoms with Crippen LogP contribution in [0.25, 0.3) is 11.4 Å². The summed E-state index contributed by atoms with van der Waals surface area (Å²) in [5, 5.41) is 7.53. The Morgan fingerprint density at radius 3 is 2.65 bits per heavy atom. The number of para-hydroxylation sites is 1. The third-order valence-electron chi connectivity index (χ3n) is 7.77. The molecule has 2 aliphatic heterocycles. The number of nitrogens with one attached hydrogen (secondary N) is 1. The summed E-state index contributed by atoms with van der Waals surface area (Å²) in [6, 6.07) is 20.7. The van der Waals surface area contributed by atoms with Crippen molar-refractivity contribution in [2.75, 3.05) is 26.2 Å². The van der Waals surface area contributed by atoms with Crippen molar-refractivity contribution in [3.63, 3.8) is 0 Å². The fourth-order valence-corrected chi connectivity index (χ4v) is 5.64. The lowest BCUT2D eigenvalue weighted by Gasteiger charge is -2.34. The van der Waals surface area contributed by atoms with Crippen molar-refractivity contribution >= 4 is 11.8 Å². The summed E-state index contributed by atoms with van der Waals surface area (Å²) in [6.45, 7) is 2.04. The fourth-order valence-electron chi connectivity index (χ4n) is 5.64. The summed E-state index contributed by atoms with van der Waals surface area (Å²) >= 11 is 0. The molecule has 0 aliphatic carbocycles. The van der Waals surface area contributed by atoms with E-state index >= 15 is 0 Å². The number of likely N-dealkylation sites (tertiary alicyclic amines) is 2. The van der Waals surface area contributed by atoms with E-state index in [4.69, 9.17) is 9.72 Å². The fraction of sp³-hybridized carbons (Fsp3) is 0.323. The van der Waals surface area contributed by atoms with E-state index in [1.165, 1.54) is 5.56 Å². The van der Waals surface area contributed by atoms with Crippen LogP contribution >= 0.6 is 0 Å². The second kappa shape index (κ2) is 11.7. The number of rotatable bonds is 7. The number of pyridine rings is 1. The number of carbonyl (C=O) groups excluding carboxylic acids is 2. The van der Waals surface area contributed by atoms with Gasteiger partial charge in [0.15, 0.2) is 12.4 Å². The van der Waals surface area contributed by atoms with Crippen LogP contribution in [0.4, 0.5) is 0 Å². The Bertz CT molecular complexity index is 1460. The first-order chi connectivity index (χ1) is 19.7. The van der Waals surface area contributed by atoms with Crippen LogP contribution in [0, 0.1) is 0 Å². The number of aromatic amines is 1. The summed E-state index contributed by atoms with van der Waals surface area (Å²) in [7, 11) is 0. The molecule has 0 saturated carbocycles. The molecule has 2 saturated heterocycles. The highest BCUT2D eigenvalue weighted by Crippen LogP contribution is 2.31. The summed E-state index contributed by atoms with van der Waals surface area (Å²) in [4.78, 5) is 39.1. The molecule has 2 aromatic heterocycles. The second-order valence-corrected chi connectivity index (χ2v) is 10.3. The molecular formula is C31H32N6O3. The number of nitrogens with zero attached hydrogens (tertiary/aromatic N) is 5. The third kappa shape index (κ3) is 5.59. The molecule has 1 unspecified atom stereocenters. The smallest absolute Gasteiger partial charge is 0.261 e. The molecule has 9 heteroatoms. The van der Waals surface area contributed by atoms with Gasteiger partial charge in [0.05, 0.1) is 6.04 Å². The third-order valence-corrected chi connectivity index (χ3v) is 7.77. The number of aromatic nitrogens is 4. The van der Waals surface area contributed by atoms with Crippen LogP contribution in [-0.2, 0) is 4.79 Å². The molecule has 204 valence electrons. The van der Waals surface area contributed by atoms with Gasteiger partial charge in [-0.2, -0.15) is 5.10 Å². The molecule has 2 fully saturated rings. The zero-order valence-electron chi connectivity index (χ0n) is 22.3. The molecule has 1 N–H and O–H groups in total. The summed E-state index contributed by atoms with van der Waals surface area (Å²) in [5.74, 6) is 2.09. The van der Waals surface area contributed by atoms with E-state index in [-0.39, 0.29) is 24.5 Å². The minimum absolute atomic E-state index is 0.0108. The lowest BCUT2D eigenvalue weighted by Crippen LogP contribution is -2.41. The van der Waals surface area contributed by atoms with E-state index < -0.39 is 0 Å². The molecule has 4 heterocycles. The van der Waals surface area contributed by atoms with Crippen molar-refractivity contribution in [2.45, 2.75) is 37.6 Å². The lowest BCUT2D eigenvalue weighted by atomic mass is 10.00. The maximum atomic E-state index is 13.4. The van der Waals surface area contributed by atoms with Crippen molar-refractivity contribution in [2.24, 2.45) is 0 Å². The normalized spacial score (nSPS) is 19.0. The number of benzene rings is 2. The van der Waals surface area contributed by atoms with E-state index in [0.29, 0.717) is 42.0 Å². The second-order valence-electron chi connectivity index (χ2n) is 10.3. The number of hydrogen-bond donors (Lipinski definition) is 1. The van der Waals surface area contributed by atoms with Crippen LogP contribution in [0.15, 0.2) is 79.1 Å². The van der Waals surface area contributed by atoms with E-state index in [1.54, 1.807) is 12.4 Å². The zero-order valence-corrected chi connectivity index (χ0v) is 22.3. The van der Waals surface area contributed by atoms with Gasteiger partial charge in [0.25, 0.3) is 11.8 Å². The van der Waals surface area contributed by atoms with Crippen LogP contribution in [0.5, 0.6) is 5.75 Å². The predicted molar refractivity (Wildman–Crippen MR) is 150 cm³/mol. The molecule has 0 bridgehead atoms. The van der Waals surface area contributed by atoms with E-state index in [9.17, 15) is 9.59 Å². The molecule has 9 nitrogen and oxygen atoms in total. The number of amides is 2. The number of piperidine rings is 1.